The number of fused-ring (bicyclic) bond motifs is 3. The smallest absolute Gasteiger partial charge is 0.240 e. The van der Waals surface area contributed by atoms with Crippen LogP contribution < -0.4 is 4.90 Å². The van der Waals surface area contributed by atoms with Gasteiger partial charge in [-0.3, -0.25) is 4.79 Å². The summed E-state index contributed by atoms with van der Waals surface area (Å²) in [5.41, 5.74) is 2.78. The minimum absolute atomic E-state index is 0.0237. The van der Waals surface area contributed by atoms with E-state index in [1.165, 1.54) is 34.2 Å². The fraction of sp³-hybridized carbons (Fsp3) is 0.480. The summed E-state index contributed by atoms with van der Waals surface area (Å²) in [4.78, 5) is 29.3. The molecule has 0 N–H and O–H groups in total. The Labute approximate surface area is 198 Å². The van der Waals surface area contributed by atoms with Gasteiger partial charge in [0.25, 0.3) is 0 Å². The number of hydrogen-bond acceptors (Lipinski definition) is 5. The van der Waals surface area contributed by atoms with Gasteiger partial charge in [0.15, 0.2) is 0 Å². The lowest BCUT2D eigenvalue weighted by atomic mass is 9.96. The third-order valence-electron chi connectivity index (χ3n) is 6.55. The Morgan fingerprint density at radius 1 is 1.06 bits per heavy atom. The van der Waals surface area contributed by atoms with Crippen molar-refractivity contribution in [1.29, 1.82) is 0 Å². The molecule has 3 aromatic rings. The molecule has 1 aromatic carbocycles. The summed E-state index contributed by atoms with van der Waals surface area (Å²) in [5.74, 6) is 2.02. The van der Waals surface area contributed by atoms with Crippen LogP contribution in [0.15, 0.2) is 30.3 Å². The first-order chi connectivity index (χ1) is 15.6. The summed E-state index contributed by atoms with van der Waals surface area (Å²) < 4.78 is 0. The van der Waals surface area contributed by atoms with Crippen LogP contribution in [0, 0.1) is 0 Å². The van der Waals surface area contributed by atoms with E-state index in [0.717, 1.165) is 55.2 Å². The van der Waals surface area contributed by atoms with Gasteiger partial charge in [-0.25, -0.2) is 9.97 Å². The van der Waals surface area contributed by atoms with Crippen LogP contribution in [0.4, 0.5) is 5.82 Å². The molecule has 2 aliphatic rings. The SMILES string of the molecule is C[C@@H](Cl)C(=O)N1CCN(c2nc(CCc3ccccc3)nc3sc4c(c23)CCCC4)CC1. The van der Waals surface area contributed by atoms with Crippen LogP contribution in [-0.2, 0) is 30.5 Å². The molecule has 5 nitrogen and oxygen atoms in total. The highest BCUT2D eigenvalue weighted by Gasteiger charge is 2.28. The van der Waals surface area contributed by atoms with Gasteiger partial charge in [0, 0.05) is 37.5 Å². The zero-order valence-electron chi connectivity index (χ0n) is 18.5. The molecule has 1 aliphatic heterocycles. The van der Waals surface area contributed by atoms with Gasteiger partial charge in [-0.1, -0.05) is 30.3 Å². The Kier molecular flexibility index (Phi) is 6.33. The first-order valence-electron chi connectivity index (χ1n) is 11.6. The standard InChI is InChI=1S/C25H29ClN4OS/c1-17(26)25(31)30-15-13-29(14-16-30)23-22-19-9-5-6-10-20(19)32-24(22)28-21(27-23)12-11-18-7-3-2-4-8-18/h2-4,7-8,17H,5-6,9-16H2,1H3/t17-/m1/s1. The number of rotatable bonds is 5. The van der Waals surface area contributed by atoms with Crippen LogP contribution in [0.2, 0.25) is 0 Å². The van der Waals surface area contributed by atoms with E-state index >= 15 is 0 Å². The van der Waals surface area contributed by atoms with Gasteiger partial charge < -0.3 is 9.80 Å². The van der Waals surface area contributed by atoms with Crippen molar-refractivity contribution in [2.24, 2.45) is 0 Å². The molecule has 0 radical (unpaired) electrons. The molecule has 0 bridgehead atoms. The van der Waals surface area contributed by atoms with Crippen LogP contribution in [0.25, 0.3) is 10.2 Å². The number of anilines is 1. The van der Waals surface area contributed by atoms with Crippen molar-refractivity contribution in [3.63, 3.8) is 0 Å². The number of benzene rings is 1. The fourth-order valence-electron chi connectivity index (χ4n) is 4.81. The molecule has 3 heterocycles. The van der Waals surface area contributed by atoms with Crippen molar-refractivity contribution < 1.29 is 4.79 Å². The van der Waals surface area contributed by atoms with Gasteiger partial charge in [-0.2, -0.15) is 0 Å². The van der Waals surface area contributed by atoms with Crippen LogP contribution in [-0.4, -0.2) is 52.3 Å². The summed E-state index contributed by atoms with van der Waals surface area (Å²) in [7, 11) is 0. The lowest BCUT2D eigenvalue weighted by molar-refractivity contribution is -0.130. The maximum Gasteiger partial charge on any atom is 0.240 e. The summed E-state index contributed by atoms with van der Waals surface area (Å²) in [6.07, 6.45) is 6.55. The highest BCUT2D eigenvalue weighted by molar-refractivity contribution is 7.19. The summed E-state index contributed by atoms with van der Waals surface area (Å²) >= 11 is 7.90. The quantitative estimate of drug-likeness (QED) is 0.512. The second-order valence-electron chi connectivity index (χ2n) is 8.77. The number of amides is 1. The van der Waals surface area contributed by atoms with Crippen molar-refractivity contribution in [2.45, 2.75) is 50.8 Å². The van der Waals surface area contributed by atoms with Gasteiger partial charge in [0.1, 0.15) is 21.8 Å². The van der Waals surface area contributed by atoms with Gasteiger partial charge in [0.05, 0.1) is 5.39 Å². The van der Waals surface area contributed by atoms with Gasteiger partial charge in [0.2, 0.25) is 5.91 Å². The van der Waals surface area contributed by atoms with Crippen molar-refractivity contribution in [2.75, 3.05) is 31.1 Å². The predicted octanol–water partition coefficient (Wildman–Crippen LogP) is 4.63. The van der Waals surface area contributed by atoms with E-state index < -0.39 is 5.38 Å². The molecule has 1 atom stereocenters. The molecule has 1 aliphatic carbocycles. The predicted molar refractivity (Wildman–Crippen MR) is 132 cm³/mol. The molecule has 2 aromatic heterocycles. The molecule has 1 saturated heterocycles. The Hall–Kier alpha value is -2.18. The summed E-state index contributed by atoms with van der Waals surface area (Å²) in [6.45, 7) is 4.69. The Morgan fingerprint density at radius 3 is 2.56 bits per heavy atom. The molecule has 0 saturated carbocycles. The monoisotopic (exact) mass is 468 g/mol. The topological polar surface area (TPSA) is 49.3 Å². The van der Waals surface area contributed by atoms with Crippen molar-refractivity contribution in [3.05, 3.63) is 52.2 Å². The maximum atomic E-state index is 12.3. The number of alkyl halides is 1. The van der Waals surface area contributed by atoms with E-state index in [1.54, 1.807) is 6.92 Å². The average Bonchev–Trinajstić information content (AvgIpc) is 3.21. The Balaban J connectivity index is 1.45. The molecule has 1 amide bonds. The van der Waals surface area contributed by atoms with Crippen molar-refractivity contribution in [1.82, 2.24) is 14.9 Å². The first kappa shape index (κ1) is 21.7. The lowest BCUT2D eigenvalue weighted by Crippen LogP contribution is -2.50. The zero-order valence-corrected chi connectivity index (χ0v) is 20.1. The average molecular weight is 469 g/mol. The van der Waals surface area contributed by atoms with Gasteiger partial charge >= 0.3 is 0 Å². The van der Waals surface area contributed by atoms with Crippen molar-refractivity contribution in [3.8, 4) is 0 Å². The van der Waals surface area contributed by atoms with E-state index in [9.17, 15) is 4.79 Å². The molecule has 7 heteroatoms. The van der Waals surface area contributed by atoms with Gasteiger partial charge in [-0.15, -0.1) is 22.9 Å². The van der Waals surface area contributed by atoms with E-state index in [4.69, 9.17) is 21.6 Å². The number of carbonyl (C=O) groups is 1. The first-order valence-corrected chi connectivity index (χ1v) is 12.9. The van der Waals surface area contributed by atoms with E-state index in [1.807, 2.05) is 16.2 Å². The Bertz CT molecular complexity index is 1110. The molecule has 32 heavy (non-hydrogen) atoms. The second kappa shape index (κ2) is 9.36. The summed E-state index contributed by atoms with van der Waals surface area (Å²) in [5, 5.41) is 0.791. The number of halogens is 1. The largest absolute Gasteiger partial charge is 0.352 e. The highest BCUT2D eigenvalue weighted by Crippen LogP contribution is 2.40. The lowest BCUT2D eigenvalue weighted by Gasteiger charge is -2.36. The number of thiophene rings is 1. The molecule has 1 fully saturated rings. The van der Waals surface area contributed by atoms with E-state index in [2.05, 4.69) is 35.2 Å². The van der Waals surface area contributed by atoms with Crippen LogP contribution >= 0.6 is 22.9 Å². The highest BCUT2D eigenvalue weighted by atomic mass is 35.5. The van der Waals surface area contributed by atoms with Crippen LogP contribution in [0.3, 0.4) is 0 Å². The van der Waals surface area contributed by atoms with E-state index in [0.29, 0.717) is 13.1 Å². The number of nitrogens with zero attached hydrogens (tertiary/aromatic N) is 4. The second-order valence-corrected chi connectivity index (χ2v) is 10.5. The zero-order chi connectivity index (χ0) is 22.1. The maximum absolute atomic E-state index is 12.3. The molecule has 0 spiro atoms. The number of carbonyl (C=O) groups excluding carboxylic acids is 1. The Morgan fingerprint density at radius 2 is 1.81 bits per heavy atom. The molecule has 5 rings (SSSR count). The molecule has 168 valence electrons. The molecular formula is C25H29ClN4OS. The molecular weight excluding hydrogens is 440 g/mol. The summed E-state index contributed by atoms with van der Waals surface area (Å²) in [6, 6.07) is 10.5. The number of piperazine rings is 1. The molecule has 0 unspecified atom stereocenters. The fourth-order valence-corrected chi connectivity index (χ4v) is 6.23. The third kappa shape index (κ3) is 4.35. The van der Waals surface area contributed by atoms with Crippen LogP contribution in [0.5, 0.6) is 0 Å². The minimum Gasteiger partial charge on any atom is -0.352 e. The van der Waals surface area contributed by atoms with Crippen LogP contribution in [0.1, 0.15) is 41.6 Å². The van der Waals surface area contributed by atoms with E-state index in [-0.39, 0.29) is 5.91 Å². The number of aromatic nitrogens is 2. The third-order valence-corrected chi connectivity index (χ3v) is 7.93. The van der Waals surface area contributed by atoms with Crippen molar-refractivity contribution >= 4 is 44.9 Å². The van der Waals surface area contributed by atoms with Gasteiger partial charge in [-0.05, 0) is 50.2 Å². The number of hydrogen-bond donors (Lipinski definition) is 0. The minimum atomic E-state index is -0.471. The number of aryl methyl sites for hydroxylation is 4. The normalized spacial score (nSPS) is 17.4.